The molecule has 160 valence electrons. The second-order valence-corrected chi connectivity index (χ2v) is 6.42. The van der Waals surface area contributed by atoms with Gasteiger partial charge in [0.15, 0.2) is 18.1 Å². The second-order valence-electron chi connectivity index (χ2n) is 6.02. The van der Waals surface area contributed by atoms with E-state index < -0.39 is 12.6 Å². The number of rotatable bonds is 11. The molecule has 0 aliphatic heterocycles. The SMILES string of the molecule is CCCOc1ccc(C(=O)N/N=C\c2cc(Cl)c(OCC(=O)O)c(OCC)c2)cc1. The van der Waals surface area contributed by atoms with Crippen molar-refractivity contribution in [1.82, 2.24) is 5.43 Å². The number of halogens is 1. The van der Waals surface area contributed by atoms with Crippen molar-refractivity contribution in [2.45, 2.75) is 20.3 Å². The maximum absolute atomic E-state index is 12.2. The number of aliphatic carboxylic acids is 1. The van der Waals surface area contributed by atoms with Gasteiger partial charge < -0.3 is 19.3 Å². The molecule has 0 unspecified atom stereocenters. The lowest BCUT2D eigenvalue weighted by Gasteiger charge is -2.13. The van der Waals surface area contributed by atoms with Crippen LogP contribution in [0.3, 0.4) is 0 Å². The normalized spacial score (nSPS) is 10.6. The van der Waals surface area contributed by atoms with Crippen LogP contribution < -0.4 is 19.6 Å². The first-order chi connectivity index (χ1) is 14.4. The van der Waals surface area contributed by atoms with Gasteiger partial charge in [0.2, 0.25) is 0 Å². The van der Waals surface area contributed by atoms with Crippen molar-refractivity contribution >= 4 is 29.7 Å². The highest BCUT2D eigenvalue weighted by molar-refractivity contribution is 6.32. The Kier molecular flexibility index (Phi) is 8.96. The van der Waals surface area contributed by atoms with Crippen LogP contribution in [0.1, 0.15) is 36.2 Å². The number of hydrogen-bond acceptors (Lipinski definition) is 6. The molecule has 0 heterocycles. The van der Waals surface area contributed by atoms with E-state index in [0.717, 1.165) is 6.42 Å². The fourth-order valence-electron chi connectivity index (χ4n) is 2.35. The molecule has 1 amide bonds. The van der Waals surface area contributed by atoms with Crippen LogP contribution in [0.2, 0.25) is 5.02 Å². The first-order valence-corrected chi connectivity index (χ1v) is 9.69. The molecular formula is C21H23ClN2O6. The van der Waals surface area contributed by atoms with E-state index in [1.54, 1.807) is 37.3 Å². The summed E-state index contributed by atoms with van der Waals surface area (Å²) in [6, 6.07) is 9.85. The van der Waals surface area contributed by atoms with Gasteiger partial charge in [-0.2, -0.15) is 5.10 Å². The Labute approximate surface area is 179 Å². The Morgan fingerprint density at radius 1 is 1.13 bits per heavy atom. The Morgan fingerprint density at radius 3 is 2.50 bits per heavy atom. The molecule has 0 bridgehead atoms. The number of nitrogens with zero attached hydrogens (tertiary/aromatic N) is 1. The van der Waals surface area contributed by atoms with E-state index in [4.69, 9.17) is 30.9 Å². The van der Waals surface area contributed by atoms with E-state index in [1.807, 2.05) is 6.92 Å². The quantitative estimate of drug-likeness (QED) is 0.412. The van der Waals surface area contributed by atoms with Crippen LogP contribution in [0.15, 0.2) is 41.5 Å². The molecule has 0 saturated carbocycles. The van der Waals surface area contributed by atoms with Crippen molar-refractivity contribution < 1.29 is 28.9 Å². The number of carboxylic acids is 1. The molecule has 0 saturated heterocycles. The molecule has 9 heteroatoms. The molecule has 2 rings (SSSR count). The molecule has 0 fully saturated rings. The Hall–Kier alpha value is -3.26. The van der Waals surface area contributed by atoms with Crippen molar-refractivity contribution in [3.8, 4) is 17.2 Å². The molecule has 0 radical (unpaired) electrons. The molecule has 0 atom stereocenters. The van der Waals surface area contributed by atoms with E-state index >= 15 is 0 Å². The van der Waals surface area contributed by atoms with Gasteiger partial charge in [-0.3, -0.25) is 4.79 Å². The van der Waals surface area contributed by atoms with E-state index in [1.165, 1.54) is 12.3 Å². The monoisotopic (exact) mass is 434 g/mol. The lowest BCUT2D eigenvalue weighted by atomic mass is 10.2. The van der Waals surface area contributed by atoms with Crippen LogP contribution in [0.4, 0.5) is 0 Å². The summed E-state index contributed by atoms with van der Waals surface area (Å²) >= 11 is 6.18. The topological polar surface area (TPSA) is 106 Å². The van der Waals surface area contributed by atoms with Crippen molar-refractivity contribution in [1.29, 1.82) is 0 Å². The summed E-state index contributed by atoms with van der Waals surface area (Å²) in [4.78, 5) is 22.9. The van der Waals surface area contributed by atoms with Gasteiger partial charge >= 0.3 is 5.97 Å². The van der Waals surface area contributed by atoms with Crippen molar-refractivity contribution in [3.63, 3.8) is 0 Å². The van der Waals surface area contributed by atoms with Crippen LogP contribution >= 0.6 is 11.6 Å². The highest BCUT2D eigenvalue weighted by atomic mass is 35.5. The van der Waals surface area contributed by atoms with Crippen molar-refractivity contribution in [3.05, 3.63) is 52.5 Å². The number of carboxylic acid groups (broad SMARTS) is 1. The van der Waals surface area contributed by atoms with Gasteiger partial charge in [0.05, 0.1) is 24.5 Å². The fourth-order valence-corrected chi connectivity index (χ4v) is 2.63. The maximum atomic E-state index is 12.2. The summed E-state index contributed by atoms with van der Waals surface area (Å²) in [6.07, 6.45) is 2.30. The predicted molar refractivity (Wildman–Crippen MR) is 113 cm³/mol. The highest BCUT2D eigenvalue weighted by Crippen LogP contribution is 2.36. The third kappa shape index (κ3) is 6.97. The van der Waals surface area contributed by atoms with Crippen LogP contribution in [0.25, 0.3) is 0 Å². The Bertz CT molecular complexity index is 899. The zero-order valence-corrected chi connectivity index (χ0v) is 17.4. The number of nitrogens with one attached hydrogen (secondary N) is 1. The number of carbonyl (C=O) groups excluding carboxylic acids is 1. The van der Waals surface area contributed by atoms with Crippen LogP contribution in [0, 0.1) is 0 Å². The molecule has 0 spiro atoms. The molecule has 2 N–H and O–H groups in total. The molecule has 2 aromatic rings. The summed E-state index contributed by atoms with van der Waals surface area (Å²) in [5.74, 6) is -0.410. The van der Waals surface area contributed by atoms with Gasteiger partial charge in [0.1, 0.15) is 5.75 Å². The van der Waals surface area contributed by atoms with Crippen LogP contribution in [-0.4, -0.2) is 43.0 Å². The van der Waals surface area contributed by atoms with Crippen LogP contribution in [-0.2, 0) is 4.79 Å². The van der Waals surface area contributed by atoms with E-state index in [-0.39, 0.29) is 22.4 Å². The van der Waals surface area contributed by atoms with Gasteiger partial charge in [0, 0.05) is 5.56 Å². The average molecular weight is 435 g/mol. The lowest BCUT2D eigenvalue weighted by molar-refractivity contribution is -0.139. The van der Waals surface area contributed by atoms with Crippen molar-refractivity contribution in [2.24, 2.45) is 5.10 Å². The Balaban J connectivity index is 2.05. The van der Waals surface area contributed by atoms with E-state index in [0.29, 0.717) is 30.1 Å². The molecule has 0 aliphatic carbocycles. The molecule has 0 aliphatic rings. The molecule has 2 aromatic carbocycles. The molecule has 30 heavy (non-hydrogen) atoms. The summed E-state index contributed by atoms with van der Waals surface area (Å²) in [6.45, 7) is 4.18. The fraction of sp³-hybridized carbons (Fsp3) is 0.286. The van der Waals surface area contributed by atoms with Gasteiger partial charge in [-0.1, -0.05) is 18.5 Å². The predicted octanol–water partition coefficient (Wildman–Crippen LogP) is 3.75. The number of ether oxygens (including phenoxy) is 3. The number of hydrogen-bond donors (Lipinski definition) is 2. The minimum Gasteiger partial charge on any atom is -0.494 e. The van der Waals surface area contributed by atoms with E-state index in [2.05, 4.69) is 10.5 Å². The van der Waals surface area contributed by atoms with Gasteiger partial charge in [-0.15, -0.1) is 0 Å². The zero-order chi connectivity index (χ0) is 21.9. The minimum absolute atomic E-state index is 0.132. The third-order valence-corrected chi connectivity index (χ3v) is 3.92. The number of carbonyl (C=O) groups is 2. The van der Waals surface area contributed by atoms with Crippen LogP contribution in [0.5, 0.6) is 17.2 Å². The standard InChI is InChI=1S/C21H23ClN2O6/c1-3-9-29-16-7-5-15(6-8-16)21(27)24-23-12-14-10-17(22)20(30-13-19(25)26)18(11-14)28-4-2/h5-8,10-12H,3-4,9,13H2,1-2H3,(H,24,27)(H,25,26)/b23-12-. The first kappa shape index (κ1) is 23.0. The first-order valence-electron chi connectivity index (χ1n) is 9.31. The minimum atomic E-state index is -1.13. The lowest BCUT2D eigenvalue weighted by Crippen LogP contribution is -2.17. The third-order valence-electron chi connectivity index (χ3n) is 3.64. The summed E-state index contributed by atoms with van der Waals surface area (Å²) < 4.78 is 16.1. The van der Waals surface area contributed by atoms with E-state index in [9.17, 15) is 9.59 Å². The summed E-state index contributed by atoms with van der Waals surface area (Å²) in [7, 11) is 0. The van der Waals surface area contributed by atoms with Crippen molar-refractivity contribution in [2.75, 3.05) is 19.8 Å². The molecule has 0 aromatic heterocycles. The second kappa shape index (κ2) is 11.7. The van der Waals surface area contributed by atoms with Gasteiger partial charge in [0.25, 0.3) is 5.91 Å². The number of hydrazone groups is 1. The van der Waals surface area contributed by atoms with Gasteiger partial charge in [-0.05, 0) is 55.3 Å². The van der Waals surface area contributed by atoms with Gasteiger partial charge in [-0.25, -0.2) is 10.2 Å². The zero-order valence-electron chi connectivity index (χ0n) is 16.7. The maximum Gasteiger partial charge on any atom is 0.341 e. The molecular weight excluding hydrogens is 412 g/mol. The number of benzene rings is 2. The smallest absolute Gasteiger partial charge is 0.341 e. The molecule has 8 nitrogen and oxygen atoms in total. The highest BCUT2D eigenvalue weighted by Gasteiger charge is 2.14. The summed E-state index contributed by atoms with van der Waals surface area (Å²) in [5.41, 5.74) is 3.40. The average Bonchev–Trinajstić information content (AvgIpc) is 2.72. The number of amides is 1. The Morgan fingerprint density at radius 2 is 1.87 bits per heavy atom. The summed E-state index contributed by atoms with van der Waals surface area (Å²) in [5, 5.41) is 12.9. The largest absolute Gasteiger partial charge is 0.494 e.